The molecule has 2 aliphatic carbocycles. The minimum Gasteiger partial charge on any atom is -0.493 e. The number of hydrogen-bond acceptors (Lipinski definition) is 12. The van der Waals surface area contributed by atoms with Crippen molar-refractivity contribution >= 4 is 98.1 Å². The van der Waals surface area contributed by atoms with Crippen molar-refractivity contribution in [2.75, 3.05) is 26.4 Å². The lowest BCUT2D eigenvalue weighted by Gasteiger charge is -2.09. The molecule has 0 atom stereocenters. The first-order chi connectivity index (χ1) is 23.0. The third-order valence-corrected chi connectivity index (χ3v) is 9.39. The predicted octanol–water partition coefficient (Wildman–Crippen LogP) is 11.4. The van der Waals surface area contributed by atoms with Crippen molar-refractivity contribution in [2.24, 2.45) is 11.8 Å². The van der Waals surface area contributed by atoms with Crippen LogP contribution in [0.2, 0.25) is 0 Å². The molecule has 3 N–H and O–H groups in total. The Labute approximate surface area is 328 Å². The Morgan fingerprint density at radius 1 is 0.854 bits per heavy atom. The Balaban J connectivity index is 0.000000214. The van der Waals surface area contributed by atoms with Crippen molar-refractivity contribution in [3.63, 3.8) is 0 Å². The minimum atomic E-state index is 0. The maximum absolute atomic E-state index is 11.2. The van der Waals surface area contributed by atoms with Gasteiger partial charge in [-0.1, -0.05) is 22.7 Å². The number of rotatable bonds is 11. The zero-order chi connectivity index (χ0) is 33.4. The van der Waals surface area contributed by atoms with Crippen molar-refractivity contribution in [3.05, 3.63) is 67.5 Å². The highest BCUT2D eigenvalue weighted by Gasteiger charge is 2.23. The van der Waals surface area contributed by atoms with Crippen molar-refractivity contribution in [1.82, 2.24) is 16.1 Å². The summed E-state index contributed by atoms with van der Waals surface area (Å²) in [6.45, 7) is 3.45. The Bertz CT molecular complexity index is 1600. The third-order valence-electron chi connectivity index (χ3n) is 6.68. The van der Waals surface area contributed by atoms with Gasteiger partial charge in [0.05, 0.1) is 44.3 Å². The summed E-state index contributed by atoms with van der Waals surface area (Å²) < 4.78 is 29.2. The van der Waals surface area contributed by atoms with Gasteiger partial charge in [-0.25, -0.2) is 9.97 Å². The summed E-state index contributed by atoms with van der Waals surface area (Å²) in [7, 11) is 0. The lowest BCUT2D eigenvalue weighted by atomic mass is 10.2. The highest BCUT2D eigenvalue weighted by atomic mass is 128. The zero-order valence-corrected chi connectivity index (χ0v) is 34.9. The van der Waals surface area contributed by atoms with E-state index in [9.17, 15) is 10.1 Å². The topological polar surface area (TPSA) is 148 Å². The largest absolute Gasteiger partial charge is 0.493 e. The Kier molecular flexibility index (Phi) is 18.9. The molecule has 0 radical (unpaired) electrons. The van der Waals surface area contributed by atoms with Crippen LogP contribution in [-0.4, -0.2) is 42.7 Å². The molecule has 16 heteroatoms. The molecular weight excluding hydrogens is 1010 g/mol. The van der Waals surface area contributed by atoms with Crippen LogP contribution in [0.4, 0.5) is 0 Å². The van der Waals surface area contributed by atoms with E-state index in [0.29, 0.717) is 56.3 Å². The molecule has 4 aromatic rings. The normalized spacial score (nSPS) is 14.2. The van der Waals surface area contributed by atoms with Gasteiger partial charge in [0, 0.05) is 56.5 Å². The molecule has 1 aliphatic heterocycles. The van der Waals surface area contributed by atoms with Crippen LogP contribution in [0.5, 0.6) is 33.4 Å². The number of nitrogens with zero attached hydrogens (tertiary/aromatic N) is 3. The van der Waals surface area contributed by atoms with E-state index in [2.05, 4.69) is 85.1 Å². The fourth-order valence-corrected chi connectivity index (χ4v) is 5.90. The van der Waals surface area contributed by atoms with Gasteiger partial charge in [0.1, 0.15) is 29.1 Å². The summed E-state index contributed by atoms with van der Waals surface area (Å²) in [6, 6.07) is 12.7. The number of carbonyl (C=O) groups is 1. The maximum Gasteiger partial charge on any atom is 0.279 e. The van der Waals surface area contributed by atoms with Gasteiger partial charge in [-0.3, -0.25) is 4.79 Å². The number of aldehydes is 1. The maximum atomic E-state index is 11.2. The van der Waals surface area contributed by atoms with Crippen molar-refractivity contribution in [1.29, 1.82) is 5.26 Å². The van der Waals surface area contributed by atoms with E-state index < -0.39 is 0 Å². The number of halogens is 4. The summed E-state index contributed by atoms with van der Waals surface area (Å²) in [5, 5.41) is 10.2. The lowest BCUT2D eigenvalue weighted by Crippen LogP contribution is -2.00. The van der Waals surface area contributed by atoms with Crippen LogP contribution in [0, 0.1) is 23.2 Å². The van der Waals surface area contributed by atoms with Gasteiger partial charge in [-0.15, -0.1) is 0 Å². The summed E-state index contributed by atoms with van der Waals surface area (Å²) >= 11 is 13.6. The summed E-state index contributed by atoms with van der Waals surface area (Å²) in [5.74, 6) is 3.75. The van der Waals surface area contributed by atoms with Crippen LogP contribution >= 0.6 is 91.8 Å². The second-order valence-corrected chi connectivity index (χ2v) is 15.2. The molecule has 2 aromatic heterocycles. The molecular formula is C32H34Br2I2N4O6S2. The standard InChI is InChI=1S/C14H11BrN2O2S.C14H12BrNO3S.C4H8O.I2.H3N/c15-13-7-17-14(20-13)19-12-4-3-11(5-10(12)6-16)18-8-9-1-2-9;15-13-6-16-14(20-13)19-12-4-3-11(5-10(12)7-17)18-8-9-1-2-9;1-2-4-5-3-1;1-2;/h3-5,7,9H,1-2,8H2;3-7,9H,1-2,8H2;1-4H2;;1H3. The van der Waals surface area contributed by atoms with E-state index in [1.165, 1.54) is 61.2 Å². The first kappa shape index (κ1) is 40.8. The van der Waals surface area contributed by atoms with Crippen molar-refractivity contribution < 1.29 is 28.5 Å². The lowest BCUT2D eigenvalue weighted by molar-refractivity contribution is 0.112. The molecule has 48 heavy (non-hydrogen) atoms. The second-order valence-electron chi connectivity index (χ2n) is 10.5. The zero-order valence-electron chi connectivity index (χ0n) is 25.7. The number of hydrogen-bond donors (Lipinski definition) is 1. The molecule has 2 saturated carbocycles. The predicted molar refractivity (Wildman–Crippen MR) is 212 cm³/mol. The molecule has 0 spiro atoms. The van der Waals surface area contributed by atoms with Gasteiger partial charge in [-0.2, -0.15) is 5.26 Å². The molecule has 0 bridgehead atoms. The first-order valence-electron chi connectivity index (χ1n) is 14.7. The highest BCUT2D eigenvalue weighted by Crippen LogP contribution is 2.35. The minimum absolute atomic E-state index is 0. The number of benzene rings is 2. The second kappa shape index (κ2) is 22.3. The molecule has 3 heterocycles. The molecule has 2 aromatic carbocycles. The fraction of sp³-hybridized carbons (Fsp3) is 0.375. The highest BCUT2D eigenvalue weighted by molar-refractivity contribution is 15.0. The van der Waals surface area contributed by atoms with Crippen molar-refractivity contribution in [3.8, 4) is 39.5 Å². The van der Waals surface area contributed by atoms with E-state index in [1.807, 2.05) is 12.1 Å². The number of aromatic nitrogens is 2. The number of nitriles is 1. The van der Waals surface area contributed by atoms with E-state index in [4.69, 9.17) is 23.7 Å². The van der Waals surface area contributed by atoms with Gasteiger partial charge in [-0.05, 0) is 113 Å². The number of carbonyl (C=O) groups excluding carboxylic acids is 1. The van der Waals surface area contributed by atoms with Gasteiger partial charge in [0.15, 0.2) is 6.29 Å². The molecule has 3 fully saturated rings. The Morgan fingerprint density at radius 2 is 1.35 bits per heavy atom. The summed E-state index contributed by atoms with van der Waals surface area (Å²) in [4.78, 5) is 19.3. The molecule has 3 aliphatic rings. The monoisotopic (exact) mass is 1050 g/mol. The van der Waals surface area contributed by atoms with E-state index in [0.717, 1.165) is 40.3 Å². The van der Waals surface area contributed by atoms with Crippen LogP contribution < -0.4 is 25.1 Å². The van der Waals surface area contributed by atoms with E-state index in [1.54, 1.807) is 36.7 Å². The SMILES string of the molecule is C1CCOC1.II.N.N#Cc1cc(OCC2CC2)ccc1Oc1ncc(Br)s1.O=Cc1cc(OCC2CC2)ccc1Oc1ncc(Br)s1. The smallest absolute Gasteiger partial charge is 0.279 e. The number of thiazole rings is 2. The summed E-state index contributed by atoms with van der Waals surface area (Å²) in [6.07, 6.45) is 11.6. The average molecular weight is 1050 g/mol. The van der Waals surface area contributed by atoms with Crippen LogP contribution in [0.1, 0.15) is 54.4 Å². The van der Waals surface area contributed by atoms with Gasteiger partial charge in [0.2, 0.25) is 0 Å². The molecule has 0 unspecified atom stereocenters. The van der Waals surface area contributed by atoms with Crippen LogP contribution in [0.25, 0.3) is 0 Å². The van der Waals surface area contributed by atoms with Gasteiger partial charge in [0.25, 0.3) is 10.4 Å². The van der Waals surface area contributed by atoms with Crippen LogP contribution in [-0.2, 0) is 4.74 Å². The fourth-order valence-electron chi connectivity index (χ4n) is 3.85. The van der Waals surface area contributed by atoms with E-state index >= 15 is 0 Å². The molecule has 7 rings (SSSR count). The molecule has 10 nitrogen and oxygen atoms in total. The number of ether oxygens (including phenoxy) is 5. The van der Waals surface area contributed by atoms with Gasteiger partial charge >= 0.3 is 0 Å². The first-order valence-corrected chi connectivity index (χ1v) is 24.2. The molecule has 0 amide bonds. The third kappa shape index (κ3) is 14.7. The quantitative estimate of drug-likeness (QED) is 0.114. The summed E-state index contributed by atoms with van der Waals surface area (Å²) in [5.41, 5.74) is 0.911. The Morgan fingerprint density at radius 3 is 1.77 bits per heavy atom. The molecule has 258 valence electrons. The van der Waals surface area contributed by atoms with Gasteiger partial charge < -0.3 is 29.8 Å². The average Bonchev–Trinajstić information content (AvgIpc) is 3.94. The van der Waals surface area contributed by atoms with E-state index in [-0.39, 0.29) is 6.15 Å². The van der Waals surface area contributed by atoms with Crippen LogP contribution in [0.15, 0.2) is 56.4 Å². The molecule has 1 saturated heterocycles. The Hall–Kier alpha value is -1.60. The van der Waals surface area contributed by atoms with Crippen molar-refractivity contribution in [2.45, 2.75) is 38.5 Å². The van der Waals surface area contributed by atoms with Crippen LogP contribution in [0.3, 0.4) is 0 Å².